The Balaban J connectivity index is 3.23. The van der Waals surface area contributed by atoms with Gasteiger partial charge in [0.2, 0.25) is 0 Å². The van der Waals surface area contributed by atoms with E-state index in [9.17, 15) is 13.6 Å². The van der Waals surface area contributed by atoms with Crippen LogP contribution < -0.4 is 4.74 Å². The first kappa shape index (κ1) is 14.1. The maximum absolute atomic E-state index is 13.7. The number of carbonyl (C=O) groups excluding carboxylic acids is 1. The number of ketones is 1. The number of hydrogen-bond acceptors (Lipinski definition) is 3. The summed E-state index contributed by atoms with van der Waals surface area (Å²) in [5, 5.41) is 8.88. The molecule has 5 heteroatoms. The molecule has 1 atom stereocenters. The molecule has 0 saturated heterocycles. The van der Waals surface area contributed by atoms with E-state index in [4.69, 9.17) is 5.26 Å². The number of benzene rings is 1. The molecule has 1 aromatic rings. The lowest BCUT2D eigenvalue weighted by Gasteiger charge is -2.13. The zero-order chi connectivity index (χ0) is 13.9. The number of ether oxygens (including phenoxy) is 1. The lowest BCUT2D eigenvalue weighted by Crippen LogP contribution is -2.20. The van der Waals surface area contributed by atoms with Crippen molar-refractivity contribution < 1.29 is 18.3 Å². The minimum atomic E-state index is -0.993. The Morgan fingerprint density at radius 3 is 2.39 bits per heavy atom. The van der Waals surface area contributed by atoms with E-state index in [0.717, 1.165) is 12.1 Å². The standard InChI is InChI=1S/C13H13F2NO2/c1-7(2)9(6-16)13(17)8-4-11(15)12(18-3)5-10(8)14/h4-5,7,9H,1-3H3. The van der Waals surface area contributed by atoms with E-state index in [-0.39, 0.29) is 11.7 Å². The predicted octanol–water partition coefficient (Wildman–Crippen LogP) is 2.95. The molecule has 1 unspecified atom stereocenters. The topological polar surface area (TPSA) is 50.1 Å². The maximum Gasteiger partial charge on any atom is 0.183 e. The molecule has 1 aromatic carbocycles. The number of nitriles is 1. The van der Waals surface area contributed by atoms with Gasteiger partial charge >= 0.3 is 0 Å². The Morgan fingerprint density at radius 2 is 1.94 bits per heavy atom. The Bertz CT molecular complexity index is 506. The van der Waals surface area contributed by atoms with Crippen LogP contribution in [0.2, 0.25) is 0 Å². The van der Waals surface area contributed by atoms with Gasteiger partial charge in [-0.3, -0.25) is 4.79 Å². The molecule has 0 N–H and O–H groups in total. The van der Waals surface area contributed by atoms with Gasteiger partial charge < -0.3 is 4.74 Å². The summed E-state index contributed by atoms with van der Waals surface area (Å²) in [4.78, 5) is 11.9. The number of rotatable bonds is 4. The summed E-state index contributed by atoms with van der Waals surface area (Å²) in [5.74, 6) is -3.98. The van der Waals surface area contributed by atoms with Crippen molar-refractivity contribution in [1.82, 2.24) is 0 Å². The lowest BCUT2D eigenvalue weighted by molar-refractivity contribution is 0.0919. The number of methoxy groups -OCH3 is 1. The molecule has 0 amide bonds. The van der Waals surface area contributed by atoms with Crippen LogP contribution in [-0.2, 0) is 0 Å². The number of nitrogens with zero attached hydrogens (tertiary/aromatic N) is 1. The van der Waals surface area contributed by atoms with Crippen LogP contribution in [0.3, 0.4) is 0 Å². The third-order valence-corrected chi connectivity index (χ3v) is 2.60. The first-order valence-electron chi connectivity index (χ1n) is 5.39. The van der Waals surface area contributed by atoms with Crippen LogP contribution in [0.25, 0.3) is 0 Å². The summed E-state index contributed by atoms with van der Waals surface area (Å²) >= 11 is 0. The van der Waals surface area contributed by atoms with Crippen molar-refractivity contribution in [2.75, 3.05) is 7.11 Å². The summed E-state index contributed by atoms with van der Waals surface area (Å²) < 4.78 is 31.7. The number of hydrogen-bond donors (Lipinski definition) is 0. The molecule has 0 radical (unpaired) electrons. The highest BCUT2D eigenvalue weighted by Gasteiger charge is 2.26. The fraction of sp³-hybridized carbons (Fsp3) is 0.385. The van der Waals surface area contributed by atoms with Gasteiger partial charge in [0.05, 0.1) is 18.7 Å². The zero-order valence-corrected chi connectivity index (χ0v) is 10.3. The summed E-state index contributed by atoms with van der Waals surface area (Å²) in [7, 11) is 1.20. The van der Waals surface area contributed by atoms with Crippen LogP contribution in [-0.4, -0.2) is 12.9 Å². The molecular formula is C13H13F2NO2. The van der Waals surface area contributed by atoms with Gasteiger partial charge in [-0.15, -0.1) is 0 Å². The third-order valence-electron chi connectivity index (χ3n) is 2.60. The second-order valence-electron chi connectivity index (χ2n) is 4.18. The molecule has 3 nitrogen and oxygen atoms in total. The van der Waals surface area contributed by atoms with Gasteiger partial charge in [0.25, 0.3) is 0 Å². The van der Waals surface area contributed by atoms with Gasteiger partial charge in [0.15, 0.2) is 17.3 Å². The first-order chi connectivity index (χ1) is 8.42. The summed E-state index contributed by atoms with van der Waals surface area (Å²) in [6.45, 7) is 3.34. The van der Waals surface area contributed by atoms with Crippen molar-refractivity contribution in [2.45, 2.75) is 13.8 Å². The fourth-order valence-corrected chi connectivity index (χ4v) is 1.55. The second-order valence-corrected chi connectivity index (χ2v) is 4.18. The molecule has 0 aliphatic rings. The zero-order valence-electron chi connectivity index (χ0n) is 10.3. The first-order valence-corrected chi connectivity index (χ1v) is 5.39. The molecule has 0 heterocycles. The van der Waals surface area contributed by atoms with Gasteiger partial charge in [-0.25, -0.2) is 8.78 Å². The Morgan fingerprint density at radius 1 is 1.33 bits per heavy atom. The Labute approximate surface area is 104 Å². The molecule has 0 aliphatic carbocycles. The molecular weight excluding hydrogens is 240 g/mol. The quantitative estimate of drug-likeness (QED) is 0.775. The van der Waals surface area contributed by atoms with Crippen molar-refractivity contribution in [3.05, 3.63) is 29.3 Å². The highest BCUT2D eigenvalue weighted by Crippen LogP contribution is 2.25. The van der Waals surface area contributed by atoms with Crippen LogP contribution in [0, 0.1) is 34.8 Å². The predicted molar refractivity (Wildman–Crippen MR) is 61.2 cm³/mol. The normalized spacial score (nSPS) is 12.1. The fourth-order valence-electron chi connectivity index (χ4n) is 1.55. The maximum atomic E-state index is 13.7. The Kier molecular flexibility index (Phi) is 4.38. The third kappa shape index (κ3) is 2.65. The largest absolute Gasteiger partial charge is 0.494 e. The Hall–Kier alpha value is -1.96. The minimum absolute atomic E-state index is 0.271. The molecule has 0 aromatic heterocycles. The average Bonchev–Trinajstić information content (AvgIpc) is 2.31. The van der Waals surface area contributed by atoms with Gasteiger partial charge in [-0.05, 0) is 12.0 Å². The smallest absolute Gasteiger partial charge is 0.183 e. The monoisotopic (exact) mass is 253 g/mol. The van der Waals surface area contributed by atoms with E-state index in [0.29, 0.717) is 0 Å². The highest BCUT2D eigenvalue weighted by molar-refractivity contribution is 5.99. The van der Waals surface area contributed by atoms with Gasteiger partial charge in [-0.2, -0.15) is 5.26 Å². The number of carbonyl (C=O) groups is 1. The lowest BCUT2D eigenvalue weighted by atomic mass is 9.89. The van der Waals surface area contributed by atoms with E-state index in [1.165, 1.54) is 7.11 Å². The number of Topliss-reactive ketones (excluding diaryl/α,β-unsaturated/α-hetero) is 1. The van der Waals surface area contributed by atoms with Crippen LogP contribution in [0.4, 0.5) is 8.78 Å². The molecule has 0 aliphatic heterocycles. The summed E-state index contributed by atoms with van der Waals surface area (Å²) in [6, 6.07) is 3.38. The van der Waals surface area contributed by atoms with E-state index in [2.05, 4.69) is 4.74 Å². The average molecular weight is 253 g/mol. The molecule has 0 bridgehead atoms. The van der Waals surface area contributed by atoms with Gasteiger partial charge in [0, 0.05) is 6.07 Å². The van der Waals surface area contributed by atoms with Gasteiger partial charge in [0.1, 0.15) is 11.7 Å². The van der Waals surface area contributed by atoms with Gasteiger partial charge in [-0.1, -0.05) is 13.8 Å². The summed E-state index contributed by atoms with van der Waals surface area (Å²) in [6.07, 6.45) is 0. The minimum Gasteiger partial charge on any atom is -0.494 e. The molecule has 18 heavy (non-hydrogen) atoms. The molecule has 0 saturated carbocycles. The summed E-state index contributed by atoms with van der Waals surface area (Å²) in [5.41, 5.74) is -0.423. The molecule has 0 fully saturated rings. The van der Waals surface area contributed by atoms with Crippen molar-refractivity contribution in [3.8, 4) is 11.8 Å². The molecule has 1 rings (SSSR count). The SMILES string of the molecule is COc1cc(F)c(C(=O)C(C#N)C(C)C)cc1F. The molecule has 96 valence electrons. The van der Waals surface area contributed by atoms with Crippen LogP contribution in [0.1, 0.15) is 24.2 Å². The van der Waals surface area contributed by atoms with Crippen molar-refractivity contribution in [2.24, 2.45) is 11.8 Å². The second kappa shape index (κ2) is 5.58. The van der Waals surface area contributed by atoms with Crippen molar-refractivity contribution in [1.29, 1.82) is 5.26 Å². The number of halogens is 2. The van der Waals surface area contributed by atoms with E-state index in [1.807, 2.05) is 0 Å². The van der Waals surface area contributed by atoms with E-state index in [1.54, 1.807) is 19.9 Å². The highest BCUT2D eigenvalue weighted by atomic mass is 19.1. The van der Waals surface area contributed by atoms with E-state index >= 15 is 0 Å². The van der Waals surface area contributed by atoms with Crippen molar-refractivity contribution in [3.63, 3.8) is 0 Å². The van der Waals surface area contributed by atoms with Crippen LogP contribution in [0.15, 0.2) is 12.1 Å². The molecule has 0 spiro atoms. The van der Waals surface area contributed by atoms with E-state index < -0.39 is 28.9 Å². The van der Waals surface area contributed by atoms with Crippen molar-refractivity contribution >= 4 is 5.78 Å². The van der Waals surface area contributed by atoms with Crippen LogP contribution >= 0.6 is 0 Å². The van der Waals surface area contributed by atoms with Crippen LogP contribution in [0.5, 0.6) is 5.75 Å².